The summed E-state index contributed by atoms with van der Waals surface area (Å²) in [5.74, 6) is 0. The van der Waals surface area contributed by atoms with Gasteiger partial charge in [0, 0.05) is 0 Å². The van der Waals surface area contributed by atoms with E-state index in [2.05, 4.69) is 74.5 Å². The first-order chi connectivity index (χ1) is 8.27. The highest BCUT2D eigenvalue weighted by Gasteiger charge is 2.15. The lowest BCUT2D eigenvalue weighted by Gasteiger charge is -2.19. The molecule has 2 aromatic rings. The maximum absolute atomic E-state index is 2.25. The molecule has 2 aromatic carbocycles. The molecule has 0 saturated carbocycles. The van der Waals surface area contributed by atoms with Gasteiger partial charge in [-0.05, 0) is 16.4 Å². The van der Waals surface area contributed by atoms with Crippen LogP contribution in [0.4, 0.5) is 0 Å². The van der Waals surface area contributed by atoms with Crippen LogP contribution in [0.1, 0.15) is 30.2 Å². The second-order valence-corrected chi connectivity index (χ2v) is 6.07. The fourth-order valence-corrected chi connectivity index (χ4v) is 3.05. The highest BCUT2D eigenvalue weighted by atomic mass is 32.2. The van der Waals surface area contributed by atoms with Crippen LogP contribution < -0.4 is 0 Å². The summed E-state index contributed by atoms with van der Waals surface area (Å²) in [7, 11) is 0. The summed E-state index contributed by atoms with van der Waals surface area (Å²) in [6.45, 7) is 4.51. The van der Waals surface area contributed by atoms with Crippen molar-refractivity contribution < 1.29 is 0 Å². The van der Waals surface area contributed by atoms with Crippen LogP contribution in [0.25, 0.3) is 0 Å². The van der Waals surface area contributed by atoms with Crippen LogP contribution in [0.5, 0.6) is 0 Å². The predicted octanol–water partition coefficient (Wildman–Crippen LogP) is 4.92. The fraction of sp³-hybridized carbons (Fsp3) is 0.250. The minimum atomic E-state index is 0.442. The number of thioether (sulfide) groups is 1. The van der Waals surface area contributed by atoms with Crippen LogP contribution >= 0.6 is 11.8 Å². The van der Waals surface area contributed by atoms with Crippen molar-refractivity contribution in [2.75, 3.05) is 0 Å². The Labute approximate surface area is 108 Å². The Morgan fingerprint density at radius 3 is 1.47 bits per heavy atom. The lowest BCUT2D eigenvalue weighted by atomic mass is 10.0. The highest BCUT2D eigenvalue weighted by Crippen LogP contribution is 2.37. The zero-order valence-corrected chi connectivity index (χ0v) is 11.2. The van der Waals surface area contributed by atoms with Gasteiger partial charge in [0.15, 0.2) is 0 Å². The van der Waals surface area contributed by atoms with Gasteiger partial charge in [-0.1, -0.05) is 74.5 Å². The first-order valence-corrected chi connectivity index (χ1v) is 6.97. The molecule has 0 unspecified atom stereocenters. The minimum absolute atomic E-state index is 0.442. The predicted molar refractivity (Wildman–Crippen MR) is 77.5 cm³/mol. The first-order valence-electron chi connectivity index (χ1n) is 6.02. The smallest absolute Gasteiger partial charge is 0.0549 e. The summed E-state index contributed by atoms with van der Waals surface area (Å²) >= 11 is 2.01. The molecule has 0 atom stereocenters. The van der Waals surface area contributed by atoms with Crippen molar-refractivity contribution in [1.82, 2.24) is 0 Å². The van der Waals surface area contributed by atoms with Crippen LogP contribution in [-0.2, 0) is 0 Å². The van der Waals surface area contributed by atoms with Gasteiger partial charge in [0.25, 0.3) is 0 Å². The van der Waals surface area contributed by atoms with E-state index < -0.39 is 0 Å². The van der Waals surface area contributed by atoms with Crippen LogP contribution in [0.2, 0.25) is 0 Å². The van der Waals surface area contributed by atoms with Crippen molar-refractivity contribution >= 4 is 11.8 Å². The van der Waals surface area contributed by atoms with Gasteiger partial charge < -0.3 is 0 Å². The molecule has 0 saturated heterocycles. The molecule has 0 aliphatic heterocycles. The largest absolute Gasteiger partial charge is 0.146 e. The summed E-state index contributed by atoms with van der Waals surface area (Å²) in [4.78, 5) is 0. The molecule has 0 fully saturated rings. The van der Waals surface area contributed by atoms with Gasteiger partial charge in [-0.15, -0.1) is 11.8 Å². The van der Waals surface area contributed by atoms with Gasteiger partial charge in [-0.2, -0.15) is 0 Å². The molecule has 0 heterocycles. The van der Waals surface area contributed by atoms with E-state index in [1.807, 2.05) is 11.8 Å². The van der Waals surface area contributed by atoms with E-state index in [1.54, 1.807) is 0 Å². The van der Waals surface area contributed by atoms with Crippen LogP contribution in [0.3, 0.4) is 0 Å². The monoisotopic (exact) mass is 242 g/mol. The molecule has 0 spiro atoms. The molecule has 0 aromatic heterocycles. The van der Waals surface area contributed by atoms with Crippen LogP contribution in [0.15, 0.2) is 60.7 Å². The Hall–Kier alpha value is -1.21. The van der Waals surface area contributed by atoms with E-state index in [1.165, 1.54) is 11.1 Å². The maximum atomic E-state index is 2.25. The molecular formula is C16H18S. The summed E-state index contributed by atoms with van der Waals surface area (Å²) in [6.07, 6.45) is 0. The van der Waals surface area contributed by atoms with Gasteiger partial charge in [-0.3, -0.25) is 0 Å². The summed E-state index contributed by atoms with van der Waals surface area (Å²) < 4.78 is 0. The summed E-state index contributed by atoms with van der Waals surface area (Å²) in [5.41, 5.74) is 2.77. The van der Waals surface area contributed by atoms with Gasteiger partial charge >= 0.3 is 0 Å². The second kappa shape index (κ2) is 5.92. The highest BCUT2D eigenvalue weighted by molar-refractivity contribution is 8.00. The molecule has 0 radical (unpaired) electrons. The maximum Gasteiger partial charge on any atom is 0.0549 e. The molecule has 0 aliphatic rings. The van der Waals surface area contributed by atoms with Crippen molar-refractivity contribution in [2.45, 2.75) is 24.3 Å². The van der Waals surface area contributed by atoms with E-state index in [0.29, 0.717) is 10.5 Å². The van der Waals surface area contributed by atoms with E-state index in [-0.39, 0.29) is 0 Å². The van der Waals surface area contributed by atoms with Crippen molar-refractivity contribution in [3.05, 3.63) is 71.8 Å². The van der Waals surface area contributed by atoms with Crippen LogP contribution in [0, 0.1) is 0 Å². The lowest BCUT2D eigenvalue weighted by molar-refractivity contribution is 1.07. The fourth-order valence-electron chi connectivity index (χ4n) is 1.88. The Balaban J connectivity index is 2.32. The number of rotatable bonds is 4. The van der Waals surface area contributed by atoms with Gasteiger partial charge in [-0.25, -0.2) is 0 Å². The van der Waals surface area contributed by atoms with Gasteiger partial charge in [0.2, 0.25) is 0 Å². The van der Waals surface area contributed by atoms with E-state index in [0.717, 1.165) is 0 Å². The quantitative estimate of drug-likeness (QED) is 0.733. The molecule has 88 valence electrons. The minimum Gasteiger partial charge on any atom is -0.146 e. The van der Waals surface area contributed by atoms with Crippen molar-refractivity contribution in [1.29, 1.82) is 0 Å². The van der Waals surface area contributed by atoms with Crippen molar-refractivity contribution in [3.8, 4) is 0 Å². The van der Waals surface area contributed by atoms with Gasteiger partial charge in [0.05, 0.1) is 5.25 Å². The molecule has 17 heavy (non-hydrogen) atoms. The zero-order chi connectivity index (χ0) is 12.1. The van der Waals surface area contributed by atoms with E-state index in [4.69, 9.17) is 0 Å². The topological polar surface area (TPSA) is 0 Å². The van der Waals surface area contributed by atoms with Crippen molar-refractivity contribution in [2.24, 2.45) is 0 Å². The molecule has 0 N–H and O–H groups in total. The zero-order valence-electron chi connectivity index (χ0n) is 10.3. The average molecular weight is 242 g/mol. The van der Waals surface area contributed by atoms with E-state index in [9.17, 15) is 0 Å². The Morgan fingerprint density at radius 2 is 1.12 bits per heavy atom. The SMILES string of the molecule is CC(C)SC(c1ccccc1)c1ccccc1. The molecule has 0 amide bonds. The Bertz CT molecular complexity index is 394. The molecule has 1 heteroatoms. The molecule has 0 aliphatic carbocycles. The molecule has 2 rings (SSSR count). The molecule has 0 nitrogen and oxygen atoms in total. The lowest BCUT2D eigenvalue weighted by Crippen LogP contribution is -2.00. The number of hydrogen-bond acceptors (Lipinski definition) is 1. The molecular weight excluding hydrogens is 224 g/mol. The number of benzene rings is 2. The van der Waals surface area contributed by atoms with E-state index >= 15 is 0 Å². The molecule has 0 bridgehead atoms. The normalized spacial score (nSPS) is 11.1. The first kappa shape index (κ1) is 12.3. The third-order valence-corrected chi connectivity index (χ3v) is 3.97. The Morgan fingerprint density at radius 1 is 0.706 bits per heavy atom. The third-order valence-electron chi connectivity index (χ3n) is 2.61. The second-order valence-electron chi connectivity index (χ2n) is 4.39. The van der Waals surface area contributed by atoms with Gasteiger partial charge in [0.1, 0.15) is 0 Å². The Kier molecular flexibility index (Phi) is 4.27. The van der Waals surface area contributed by atoms with Crippen LogP contribution in [-0.4, -0.2) is 5.25 Å². The average Bonchev–Trinajstić information content (AvgIpc) is 2.38. The van der Waals surface area contributed by atoms with Crippen molar-refractivity contribution in [3.63, 3.8) is 0 Å². The third kappa shape index (κ3) is 3.37. The standard InChI is InChI=1S/C16H18S/c1-13(2)17-16(14-9-5-3-6-10-14)15-11-7-4-8-12-15/h3-13,16H,1-2H3. The summed E-state index contributed by atoms with van der Waals surface area (Å²) in [6, 6.07) is 21.5. The summed E-state index contributed by atoms with van der Waals surface area (Å²) in [5, 5.41) is 1.07. The number of hydrogen-bond donors (Lipinski definition) is 0.